The van der Waals surface area contributed by atoms with E-state index in [1.54, 1.807) is 0 Å². The largest absolute Gasteiger partial charge is 0.369 e. The van der Waals surface area contributed by atoms with E-state index in [1.807, 2.05) is 6.92 Å². The minimum atomic E-state index is -0.492. The van der Waals surface area contributed by atoms with Crippen LogP contribution in [0.2, 0.25) is 0 Å². The molecule has 0 radical (unpaired) electrons. The van der Waals surface area contributed by atoms with Gasteiger partial charge in [0.05, 0.1) is 11.8 Å². The van der Waals surface area contributed by atoms with Gasteiger partial charge in [0, 0.05) is 12.6 Å². The first-order chi connectivity index (χ1) is 9.91. The van der Waals surface area contributed by atoms with Gasteiger partial charge in [0.1, 0.15) is 11.6 Å². The quantitative estimate of drug-likeness (QED) is 0.875. The van der Waals surface area contributed by atoms with E-state index in [0.717, 1.165) is 31.9 Å². The molecule has 1 aliphatic carbocycles. The lowest BCUT2D eigenvalue weighted by Crippen LogP contribution is -2.34. The van der Waals surface area contributed by atoms with Crippen LogP contribution in [0.4, 0.5) is 10.2 Å². The maximum absolute atomic E-state index is 13.4. The van der Waals surface area contributed by atoms with Gasteiger partial charge in [-0.25, -0.2) is 9.37 Å². The Morgan fingerprint density at radius 2 is 2.29 bits per heavy atom. The molecule has 0 spiro atoms. The molecule has 0 aliphatic heterocycles. The summed E-state index contributed by atoms with van der Waals surface area (Å²) in [5.74, 6) is -0.287. The van der Waals surface area contributed by atoms with Gasteiger partial charge in [-0.3, -0.25) is 4.79 Å². The van der Waals surface area contributed by atoms with Crippen LogP contribution in [-0.2, 0) is 0 Å². The van der Waals surface area contributed by atoms with Crippen molar-refractivity contribution in [2.45, 2.75) is 52.5 Å². The summed E-state index contributed by atoms with van der Waals surface area (Å²) >= 11 is 0. The lowest BCUT2D eigenvalue weighted by Gasteiger charge is -2.18. The molecule has 0 bridgehead atoms. The zero-order valence-corrected chi connectivity index (χ0v) is 13.0. The van der Waals surface area contributed by atoms with Gasteiger partial charge in [-0.15, -0.1) is 0 Å². The topological polar surface area (TPSA) is 54.0 Å². The second-order valence-electron chi connectivity index (χ2n) is 6.55. The first-order valence-corrected chi connectivity index (χ1v) is 7.61. The number of nitrogens with one attached hydrogen (secondary N) is 2. The van der Waals surface area contributed by atoms with E-state index in [4.69, 9.17) is 0 Å². The molecule has 1 atom stereocenters. The van der Waals surface area contributed by atoms with E-state index in [0.29, 0.717) is 12.4 Å². The van der Waals surface area contributed by atoms with Crippen LogP contribution in [0.25, 0.3) is 0 Å². The van der Waals surface area contributed by atoms with E-state index in [-0.39, 0.29) is 22.9 Å². The summed E-state index contributed by atoms with van der Waals surface area (Å²) in [5, 5.41) is 6.08. The number of carbonyl (C=O) groups excluding carboxylic acids is 1. The third-order valence-electron chi connectivity index (χ3n) is 3.95. The van der Waals surface area contributed by atoms with Gasteiger partial charge in [0.25, 0.3) is 5.91 Å². The molecule has 1 heterocycles. The average Bonchev–Trinajstić information content (AvgIpc) is 2.76. The molecule has 1 unspecified atom stereocenters. The minimum Gasteiger partial charge on any atom is -0.369 e. The van der Waals surface area contributed by atoms with Crippen molar-refractivity contribution in [3.63, 3.8) is 0 Å². The Morgan fingerprint density at radius 1 is 1.52 bits per heavy atom. The van der Waals surface area contributed by atoms with Crippen LogP contribution in [-0.4, -0.2) is 23.5 Å². The highest BCUT2D eigenvalue weighted by atomic mass is 19.1. The van der Waals surface area contributed by atoms with E-state index in [1.165, 1.54) is 6.07 Å². The fourth-order valence-electron chi connectivity index (χ4n) is 2.82. The Balaban J connectivity index is 2.09. The van der Waals surface area contributed by atoms with Crippen molar-refractivity contribution in [2.24, 2.45) is 5.41 Å². The van der Waals surface area contributed by atoms with Crippen molar-refractivity contribution in [3.8, 4) is 0 Å². The van der Waals surface area contributed by atoms with Gasteiger partial charge in [0.2, 0.25) is 0 Å². The highest BCUT2D eigenvalue weighted by molar-refractivity contribution is 5.98. The average molecular weight is 293 g/mol. The standard InChI is InChI=1S/C16H24FN3O/c1-4-7-18-14-13(8-11(17)10-19-14)15(21)20-12-5-6-16(2,3)9-12/h8,10,12H,4-7,9H2,1-3H3,(H,18,19)(H,20,21). The van der Waals surface area contributed by atoms with Gasteiger partial charge in [-0.2, -0.15) is 0 Å². The van der Waals surface area contributed by atoms with Crippen molar-refractivity contribution in [1.29, 1.82) is 0 Å². The molecule has 21 heavy (non-hydrogen) atoms. The Morgan fingerprint density at radius 3 is 2.90 bits per heavy atom. The first kappa shape index (κ1) is 15.7. The van der Waals surface area contributed by atoms with Crippen LogP contribution in [0.3, 0.4) is 0 Å². The second kappa shape index (κ2) is 6.41. The Kier molecular flexibility index (Phi) is 4.80. The van der Waals surface area contributed by atoms with Crippen LogP contribution in [0.1, 0.15) is 56.8 Å². The molecule has 0 saturated heterocycles. The molecule has 1 aromatic heterocycles. The molecule has 1 saturated carbocycles. The van der Waals surface area contributed by atoms with Crippen LogP contribution in [0.5, 0.6) is 0 Å². The summed E-state index contributed by atoms with van der Waals surface area (Å²) in [7, 11) is 0. The monoisotopic (exact) mass is 293 g/mol. The molecule has 116 valence electrons. The molecular weight excluding hydrogens is 269 g/mol. The number of halogens is 1. The lowest BCUT2D eigenvalue weighted by molar-refractivity contribution is 0.0936. The highest BCUT2D eigenvalue weighted by Crippen LogP contribution is 2.37. The predicted molar refractivity (Wildman–Crippen MR) is 81.9 cm³/mol. The number of nitrogens with zero attached hydrogens (tertiary/aromatic N) is 1. The third-order valence-corrected chi connectivity index (χ3v) is 3.95. The third kappa shape index (κ3) is 4.16. The van der Waals surface area contributed by atoms with Crippen LogP contribution in [0.15, 0.2) is 12.3 Å². The fourth-order valence-corrected chi connectivity index (χ4v) is 2.82. The van der Waals surface area contributed by atoms with E-state index < -0.39 is 5.82 Å². The SMILES string of the molecule is CCCNc1ncc(F)cc1C(=O)NC1CCC(C)(C)C1. The Labute approximate surface area is 125 Å². The van der Waals surface area contributed by atoms with Crippen molar-refractivity contribution in [1.82, 2.24) is 10.3 Å². The maximum Gasteiger partial charge on any atom is 0.255 e. The molecule has 4 nitrogen and oxygen atoms in total. The molecule has 1 amide bonds. The highest BCUT2D eigenvalue weighted by Gasteiger charge is 2.32. The minimum absolute atomic E-state index is 0.162. The summed E-state index contributed by atoms with van der Waals surface area (Å²) in [6, 6.07) is 1.41. The number of aromatic nitrogens is 1. The molecule has 1 aliphatic rings. The summed E-state index contributed by atoms with van der Waals surface area (Å²) in [4.78, 5) is 16.4. The van der Waals surface area contributed by atoms with Crippen molar-refractivity contribution in [2.75, 3.05) is 11.9 Å². The zero-order valence-electron chi connectivity index (χ0n) is 13.0. The molecule has 1 fully saturated rings. The van der Waals surface area contributed by atoms with Gasteiger partial charge < -0.3 is 10.6 Å². The van der Waals surface area contributed by atoms with Gasteiger partial charge in [-0.1, -0.05) is 20.8 Å². The molecular formula is C16H24FN3O. The van der Waals surface area contributed by atoms with E-state index in [2.05, 4.69) is 29.5 Å². The second-order valence-corrected chi connectivity index (χ2v) is 6.55. The summed E-state index contributed by atoms with van der Waals surface area (Å²) < 4.78 is 13.4. The molecule has 2 N–H and O–H groups in total. The summed E-state index contributed by atoms with van der Waals surface area (Å²) in [6.07, 6.45) is 5.07. The number of pyridine rings is 1. The molecule has 5 heteroatoms. The summed E-state index contributed by atoms with van der Waals surface area (Å²) in [5.41, 5.74) is 0.551. The molecule has 1 aromatic rings. The maximum atomic E-state index is 13.4. The number of amides is 1. The first-order valence-electron chi connectivity index (χ1n) is 7.61. The Bertz CT molecular complexity index is 516. The van der Waals surface area contributed by atoms with Crippen LogP contribution >= 0.6 is 0 Å². The smallest absolute Gasteiger partial charge is 0.255 e. The van der Waals surface area contributed by atoms with Crippen molar-refractivity contribution in [3.05, 3.63) is 23.6 Å². The van der Waals surface area contributed by atoms with Crippen LogP contribution < -0.4 is 10.6 Å². The van der Waals surface area contributed by atoms with Crippen molar-refractivity contribution < 1.29 is 9.18 Å². The normalized spacial score (nSPS) is 20.3. The zero-order chi connectivity index (χ0) is 15.5. The molecule has 2 rings (SSSR count). The van der Waals surface area contributed by atoms with Crippen LogP contribution in [0, 0.1) is 11.2 Å². The fraction of sp³-hybridized carbons (Fsp3) is 0.625. The van der Waals surface area contributed by atoms with E-state index >= 15 is 0 Å². The number of hydrogen-bond acceptors (Lipinski definition) is 3. The van der Waals surface area contributed by atoms with Gasteiger partial charge in [-0.05, 0) is 37.2 Å². The predicted octanol–water partition coefficient (Wildman–Crippen LogP) is 3.35. The van der Waals surface area contributed by atoms with E-state index in [9.17, 15) is 9.18 Å². The van der Waals surface area contributed by atoms with Crippen molar-refractivity contribution >= 4 is 11.7 Å². The number of anilines is 1. The van der Waals surface area contributed by atoms with Gasteiger partial charge >= 0.3 is 0 Å². The Hall–Kier alpha value is -1.65. The number of carbonyl (C=O) groups is 1. The number of rotatable bonds is 5. The lowest BCUT2D eigenvalue weighted by atomic mass is 9.92. The molecule has 0 aromatic carbocycles. The summed E-state index contributed by atoms with van der Waals surface area (Å²) in [6.45, 7) is 7.14. The van der Waals surface area contributed by atoms with Gasteiger partial charge in [0.15, 0.2) is 0 Å². The number of hydrogen-bond donors (Lipinski definition) is 2.